The Kier molecular flexibility index (Phi) is 3.08. The van der Waals surface area contributed by atoms with E-state index in [0.29, 0.717) is 5.82 Å². The summed E-state index contributed by atoms with van der Waals surface area (Å²) in [4.78, 5) is 8.95. The van der Waals surface area contributed by atoms with Crippen molar-refractivity contribution in [3.05, 3.63) is 41.7 Å². The van der Waals surface area contributed by atoms with E-state index in [9.17, 15) is 0 Å². The number of rotatable bonds is 2. The molecular weight excluding hydrogens is 230 g/mol. The summed E-state index contributed by atoms with van der Waals surface area (Å²) in [5.74, 6) is 0.383. The second kappa shape index (κ2) is 4.51. The van der Waals surface area contributed by atoms with Crippen LogP contribution in [0.15, 0.2) is 46.3 Å². The first-order valence-corrected chi connectivity index (χ1v) is 5.46. The number of anilines is 1. The van der Waals surface area contributed by atoms with Crippen LogP contribution in [-0.2, 0) is 0 Å². The molecule has 0 atom stereocenters. The van der Waals surface area contributed by atoms with Crippen molar-refractivity contribution in [2.45, 2.75) is 9.92 Å². The lowest BCUT2D eigenvalue weighted by molar-refractivity contribution is 1.06. The summed E-state index contributed by atoms with van der Waals surface area (Å²) in [7, 11) is 0. The number of halogens is 1. The maximum absolute atomic E-state index is 5.70. The normalized spacial score (nSPS) is 10.2. The highest BCUT2D eigenvalue weighted by atomic mass is 35.5. The second-order valence-electron chi connectivity index (χ2n) is 2.82. The van der Waals surface area contributed by atoms with E-state index in [1.54, 1.807) is 6.07 Å². The third-order valence-electron chi connectivity index (χ3n) is 1.66. The lowest BCUT2D eigenvalue weighted by Gasteiger charge is -2.01. The van der Waals surface area contributed by atoms with Crippen LogP contribution in [0.25, 0.3) is 0 Å². The lowest BCUT2D eigenvalue weighted by atomic mass is 10.4. The van der Waals surface area contributed by atoms with Gasteiger partial charge in [0.05, 0.1) is 0 Å². The summed E-state index contributed by atoms with van der Waals surface area (Å²) in [6, 6.07) is 11.6. The van der Waals surface area contributed by atoms with Gasteiger partial charge in [0.15, 0.2) is 0 Å². The Morgan fingerprint density at radius 3 is 2.53 bits per heavy atom. The zero-order valence-corrected chi connectivity index (χ0v) is 9.29. The molecule has 0 bridgehead atoms. The first kappa shape index (κ1) is 10.3. The molecule has 1 aromatic carbocycles. The van der Waals surface area contributed by atoms with Crippen LogP contribution in [0.2, 0.25) is 5.28 Å². The summed E-state index contributed by atoms with van der Waals surface area (Å²) >= 11 is 7.20. The molecule has 2 rings (SSSR count). The average molecular weight is 238 g/mol. The molecule has 15 heavy (non-hydrogen) atoms. The van der Waals surface area contributed by atoms with Crippen molar-refractivity contribution >= 4 is 29.2 Å². The van der Waals surface area contributed by atoms with Crippen molar-refractivity contribution in [3.8, 4) is 0 Å². The molecule has 1 heterocycles. The molecule has 0 saturated carbocycles. The maximum atomic E-state index is 5.70. The van der Waals surface area contributed by atoms with Crippen molar-refractivity contribution in [3.63, 3.8) is 0 Å². The quantitative estimate of drug-likeness (QED) is 0.645. The minimum Gasteiger partial charge on any atom is -0.384 e. The van der Waals surface area contributed by atoms with Crippen molar-refractivity contribution in [1.82, 2.24) is 9.97 Å². The summed E-state index contributed by atoms with van der Waals surface area (Å²) in [6.07, 6.45) is 0. The summed E-state index contributed by atoms with van der Waals surface area (Å²) in [5, 5.41) is 0.923. The van der Waals surface area contributed by atoms with Crippen LogP contribution in [-0.4, -0.2) is 9.97 Å². The number of aromatic nitrogens is 2. The molecule has 3 nitrogen and oxygen atoms in total. The Morgan fingerprint density at radius 1 is 1.13 bits per heavy atom. The first-order valence-electron chi connectivity index (χ1n) is 4.27. The van der Waals surface area contributed by atoms with Crippen LogP contribution in [0, 0.1) is 0 Å². The molecule has 0 aliphatic rings. The van der Waals surface area contributed by atoms with Crippen molar-refractivity contribution in [2.75, 3.05) is 5.73 Å². The van der Waals surface area contributed by atoms with E-state index in [4.69, 9.17) is 17.3 Å². The minimum atomic E-state index is 0.174. The Balaban J connectivity index is 2.25. The molecule has 0 aliphatic carbocycles. The highest BCUT2D eigenvalue weighted by molar-refractivity contribution is 7.99. The fourth-order valence-electron chi connectivity index (χ4n) is 1.08. The Labute approximate surface area is 96.7 Å². The molecule has 2 aromatic rings. The van der Waals surface area contributed by atoms with Crippen LogP contribution < -0.4 is 5.73 Å². The molecule has 5 heteroatoms. The van der Waals surface area contributed by atoms with Gasteiger partial charge in [0, 0.05) is 11.0 Å². The van der Waals surface area contributed by atoms with Crippen molar-refractivity contribution in [1.29, 1.82) is 0 Å². The van der Waals surface area contributed by atoms with E-state index in [-0.39, 0.29) is 5.28 Å². The zero-order valence-electron chi connectivity index (χ0n) is 7.72. The SMILES string of the molecule is Nc1cc(Sc2ccccc2)nc(Cl)n1. The predicted molar refractivity (Wildman–Crippen MR) is 62.0 cm³/mol. The zero-order chi connectivity index (χ0) is 10.7. The van der Waals surface area contributed by atoms with Gasteiger partial charge in [0.2, 0.25) is 5.28 Å². The topological polar surface area (TPSA) is 51.8 Å². The van der Waals surface area contributed by atoms with E-state index in [1.807, 2.05) is 30.3 Å². The van der Waals surface area contributed by atoms with Crippen molar-refractivity contribution < 1.29 is 0 Å². The van der Waals surface area contributed by atoms with Gasteiger partial charge in [-0.2, -0.15) is 0 Å². The fourth-order valence-corrected chi connectivity index (χ4v) is 2.16. The van der Waals surface area contributed by atoms with Gasteiger partial charge in [0.25, 0.3) is 0 Å². The molecule has 0 saturated heterocycles. The lowest BCUT2D eigenvalue weighted by Crippen LogP contribution is -1.93. The Bertz CT molecular complexity index is 441. The predicted octanol–water partition coefficient (Wildman–Crippen LogP) is 2.86. The van der Waals surface area contributed by atoms with Crippen LogP contribution in [0.3, 0.4) is 0 Å². The van der Waals surface area contributed by atoms with Gasteiger partial charge < -0.3 is 5.73 Å². The average Bonchev–Trinajstić information content (AvgIpc) is 2.17. The third-order valence-corrected chi connectivity index (χ3v) is 2.76. The maximum Gasteiger partial charge on any atom is 0.225 e. The Morgan fingerprint density at radius 2 is 1.87 bits per heavy atom. The van der Waals surface area contributed by atoms with Gasteiger partial charge in [-0.15, -0.1) is 0 Å². The standard InChI is InChI=1S/C10H8ClN3S/c11-10-13-8(12)6-9(14-10)15-7-4-2-1-3-5-7/h1-6H,(H2,12,13,14). The molecule has 1 aromatic heterocycles. The van der Waals surface area contributed by atoms with Crippen LogP contribution in [0.1, 0.15) is 0 Å². The molecule has 0 fully saturated rings. The van der Waals surface area contributed by atoms with Gasteiger partial charge in [0.1, 0.15) is 10.8 Å². The molecular formula is C10H8ClN3S. The number of hydrogen-bond acceptors (Lipinski definition) is 4. The van der Waals surface area contributed by atoms with Gasteiger partial charge >= 0.3 is 0 Å². The largest absolute Gasteiger partial charge is 0.384 e. The third kappa shape index (κ3) is 2.84. The smallest absolute Gasteiger partial charge is 0.225 e. The van der Waals surface area contributed by atoms with Crippen molar-refractivity contribution in [2.24, 2.45) is 0 Å². The van der Waals surface area contributed by atoms with E-state index >= 15 is 0 Å². The van der Waals surface area contributed by atoms with E-state index in [1.165, 1.54) is 11.8 Å². The molecule has 0 amide bonds. The highest BCUT2D eigenvalue weighted by Gasteiger charge is 2.02. The van der Waals surface area contributed by atoms with E-state index in [0.717, 1.165) is 9.92 Å². The molecule has 0 spiro atoms. The summed E-state index contributed by atoms with van der Waals surface area (Å²) in [5.41, 5.74) is 5.56. The molecule has 76 valence electrons. The molecule has 2 N–H and O–H groups in total. The molecule has 0 radical (unpaired) electrons. The first-order chi connectivity index (χ1) is 7.24. The number of benzene rings is 1. The van der Waals surface area contributed by atoms with Gasteiger partial charge in [-0.25, -0.2) is 9.97 Å². The second-order valence-corrected chi connectivity index (χ2v) is 4.25. The van der Waals surface area contributed by atoms with Crippen LogP contribution in [0.5, 0.6) is 0 Å². The number of nitrogen functional groups attached to an aromatic ring is 1. The molecule has 0 unspecified atom stereocenters. The van der Waals surface area contributed by atoms with Gasteiger partial charge in [-0.1, -0.05) is 30.0 Å². The summed E-state index contributed by atoms with van der Waals surface area (Å²) < 4.78 is 0. The van der Waals surface area contributed by atoms with E-state index in [2.05, 4.69) is 9.97 Å². The number of nitrogens with zero attached hydrogens (tertiary/aromatic N) is 2. The Hall–Kier alpha value is -1.26. The van der Waals surface area contributed by atoms with Gasteiger partial charge in [-0.05, 0) is 23.7 Å². The van der Waals surface area contributed by atoms with Gasteiger partial charge in [-0.3, -0.25) is 0 Å². The number of hydrogen-bond donors (Lipinski definition) is 1. The highest BCUT2D eigenvalue weighted by Crippen LogP contribution is 2.27. The molecule has 0 aliphatic heterocycles. The minimum absolute atomic E-state index is 0.174. The van der Waals surface area contributed by atoms with Crippen LogP contribution >= 0.6 is 23.4 Å². The van der Waals surface area contributed by atoms with E-state index < -0.39 is 0 Å². The van der Waals surface area contributed by atoms with Crippen LogP contribution in [0.4, 0.5) is 5.82 Å². The monoisotopic (exact) mass is 237 g/mol. The fraction of sp³-hybridized carbons (Fsp3) is 0. The number of nitrogens with two attached hydrogens (primary N) is 1. The summed E-state index contributed by atoms with van der Waals surface area (Å²) in [6.45, 7) is 0.